The highest BCUT2D eigenvalue weighted by Crippen LogP contribution is 2.34. The highest BCUT2D eigenvalue weighted by atomic mass is 16.5. The largest absolute Gasteiger partial charge is 0.492 e. The molecular weight excluding hydrogens is 445 g/mol. The van der Waals surface area contributed by atoms with E-state index in [1.165, 1.54) is 0 Å². The number of pyridine rings is 1. The van der Waals surface area contributed by atoms with Crippen molar-refractivity contribution in [1.29, 1.82) is 0 Å². The maximum atomic E-state index is 10.2. The lowest BCUT2D eigenvalue weighted by Crippen LogP contribution is -2.28. The molecule has 0 aliphatic carbocycles. The number of fused-ring (bicyclic) bond motifs is 1. The zero-order valence-electron chi connectivity index (χ0n) is 19.7. The molecule has 0 saturated heterocycles. The van der Waals surface area contributed by atoms with Crippen LogP contribution in [0.15, 0.2) is 65.3 Å². The molecule has 0 unspecified atom stereocenters. The second-order valence-corrected chi connectivity index (χ2v) is 8.96. The van der Waals surface area contributed by atoms with Gasteiger partial charge < -0.3 is 29.9 Å². The summed E-state index contributed by atoms with van der Waals surface area (Å²) in [5.41, 5.74) is 4.11. The molecule has 4 aromatic rings. The zero-order chi connectivity index (χ0) is 24.6. The number of anilines is 3. The van der Waals surface area contributed by atoms with Crippen LogP contribution in [-0.4, -0.2) is 39.0 Å². The minimum Gasteiger partial charge on any atom is -0.423 e. The van der Waals surface area contributed by atoms with Crippen LogP contribution in [0.2, 0.25) is 0 Å². The third-order valence-corrected chi connectivity index (χ3v) is 6.02. The predicted octanol–water partition coefficient (Wildman–Crippen LogP) is 3.28. The number of aliphatic hydroxyl groups is 1. The van der Waals surface area contributed by atoms with Crippen LogP contribution in [0.25, 0.3) is 11.5 Å². The molecule has 0 fully saturated rings. The SMILES string of the molecule is Cc1noc(-c2cnc(Nc3ccc4c(c3)C(C)(C)OB4O)cc2N[C@H](CO)c2ccccc2)n1. The van der Waals surface area contributed by atoms with Crippen molar-refractivity contribution >= 4 is 29.8 Å². The van der Waals surface area contributed by atoms with Gasteiger partial charge in [-0.25, -0.2) is 4.98 Å². The third-order valence-electron chi connectivity index (χ3n) is 6.02. The lowest BCUT2D eigenvalue weighted by Gasteiger charge is -2.21. The number of aryl methyl sites for hydroxylation is 1. The summed E-state index contributed by atoms with van der Waals surface area (Å²) in [7, 11) is -0.937. The molecule has 3 heterocycles. The molecule has 0 spiro atoms. The first-order valence-corrected chi connectivity index (χ1v) is 11.3. The van der Waals surface area contributed by atoms with Crippen LogP contribution in [0, 0.1) is 6.92 Å². The molecule has 178 valence electrons. The van der Waals surface area contributed by atoms with Crippen molar-refractivity contribution < 1.29 is 19.3 Å². The summed E-state index contributed by atoms with van der Waals surface area (Å²) in [6, 6.07) is 16.9. The quantitative estimate of drug-likeness (QED) is 0.301. The number of hydrogen-bond donors (Lipinski definition) is 4. The Kier molecular flexibility index (Phi) is 6.02. The third kappa shape index (κ3) is 4.63. The summed E-state index contributed by atoms with van der Waals surface area (Å²) in [6.07, 6.45) is 1.65. The van der Waals surface area contributed by atoms with Crippen LogP contribution in [0.5, 0.6) is 0 Å². The normalized spacial score (nSPS) is 15.1. The van der Waals surface area contributed by atoms with Crippen LogP contribution in [-0.2, 0) is 10.3 Å². The summed E-state index contributed by atoms with van der Waals surface area (Å²) in [5, 5.41) is 30.9. The van der Waals surface area contributed by atoms with Crippen molar-refractivity contribution in [2.24, 2.45) is 0 Å². The molecule has 35 heavy (non-hydrogen) atoms. The average Bonchev–Trinajstić information content (AvgIpc) is 3.37. The monoisotopic (exact) mass is 471 g/mol. The predicted molar refractivity (Wildman–Crippen MR) is 134 cm³/mol. The summed E-state index contributed by atoms with van der Waals surface area (Å²) < 4.78 is 11.1. The van der Waals surface area contributed by atoms with Gasteiger partial charge >= 0.3 is 7.12 Å². The van der Waals surface area contributed by atoms with Crippen molar-refractivity contribution in [3.63, 3.8) is 0 Å². The molecular formula is C25H26BN5O4. The highest BCUT2D eigenvalue weighted by Gasteiger charge is 2.40. The van der Waals surface area contributed by atoms with E-state index in [0.29, 0.717) is 28.8 Å². The van der Waals surface area contributed by atoms with E-state index >= 15 is 0 Å². The lowest BCUT2D eigenvalue weighted by molar-refractivity contribution is 0.101. The Bertz CT molecular complexity index is 1340. The molecule has 1 aliphatic heterocycles. The number of aromatic nitrogens is 3. The van der Waals surface area contributed by atoms with Crippen LogP contribution < -0.4 is 16.1 Å². The van der Waals surface area contributed by atoms with Crippen LogP contribution in [0.4, 0.5) is 17.2 Å². The van der Waals surface area contributed by atoms with Gasteiger partial charge in [-0.3, -0.25) is 0 Å². The number of rotatable bonds is 7. The number of aliphatic hydroxyl groups excluding tert-OH is 1. The molecule has 9 nitrogen and oxygen atoms in total. The zero-order valence-corrected chi connectivity index (χ0v) is 19.7. The fourth-order valence-corrected chi connectivity index (χ4v) is 4.25. The van der Waals surface area contributed by atoms with Crippen molar-refractivity contribution in [3.05, 3.63) is 77.7 Å². The Morgan fingerprint density at radius 1 is 1.11 bits per heavy atom. The van der Waals surface area contributed by atoms with E-state index in [9.17, 15) is 10.1 Å². The smallest absolute Gasteiger partial charge is 0.423 e. The van der Waals surface area contributed by atoms with Crippen molar-refractivity contribution in [1.82, 2.24) is 15.1 Å². The maximum Gasteiger partial charge on any atom is 0.492 e. The van der Waals surface area contributed by atoms with Crippen LogP contribution >= 0.6 is 0 Å². The summed E-state index contributed by atoms with van der Waals surface area (Å²) in [5.74, 6) is 1.42. The van der Waals surface area contributed by atoms with E-state index in [1.54, 1.807) is 13.1 Å². The molecule has 10 heteroatoms. The summed E-state index contributed by atoms with van der Waals surface area (Å²) >= 11 is 0. The highest BCUT2D eigenvalue weighted by molar-refractivity contribution is 6.62. The Labute approximate surface area is 203 Å². The average molecular weight is 471 g/mol. The lowest BCUT2D eigenvalue weighted by atomic mass is 9.78. The van der Waals surface area contributed by atoms with Gasteiger partial charge in [-0.2, -0.15) is 4.98 Å². The van der Waals surface area contributed by atoms with Gasteiger partial charge in [0, 0.05) is 18.0 Å². The van der Waals surface area contributed by atoms with Gasteiger partial charge in [-0.1, -0.05) is 41.6 Å². The first kappa shape index (κ1) is 23.0. The molecule has 2 aromatic carbocycles. The Balaban J connectivity index is 1.49. The van der Waals surface area contributed by atoms with Crippen molar-refractivity contribution in [2.75, 3.05) is 17.2 Å². The van der Waals surface area contributed by atoms with Crippen LogP contribution in [0.1, 0.15) is 36.8 Å². The number of hydrogen-bond acceptors (Lipinski definition) is 9. The molecule has 4 N–H and O–H groups in total. The summed E-state index contributed by atoms with van der Waals surface area (Å²) in [4.78, 5) is 8.89. The van der Waals surface area contributed by atoms with E-state index in [1.807, 2.05) is 68.4 Å². The van der Waals surface area contributed by atoms with Crippen LogP contribution in [0.3, 0.4) is 0 Å². The minimum absolute atomic E-state index is 0.111. The topological polar surface area (TPSA) is 126 Å². The summed E-state index contributed by atoms with van der Waals surface area (Å²) in [6.45, 7) is 5.48. The van der Waals surface area contributed by atoms with Gasteiger partial charge in [-0.15, -0.1) is 0 Å². The van der Waals surface area contributed by atoms with Crippen molar-refractivity contribution in [3.8, 4) is 11.5 Å². The molecule has 0 amide bonds. The molecule has 0 radical (unpaired) electrons. The van der Waals surface area contributed by atoms with Gasteiger partial charge in [0.25, 0.3) is 5.89 Å². The van der Waals surface area contributed by atoms with Crippen molar-refractivity contribution in [2.45, 2.75) is 32.4 Å². The van der Waals surface area contributed by atoms with E-state index in [-0.39, 0.29) is 12.6 Å². The molecule has 0 bridgehead atoms. The van der Waals surface area contributed by atoms with E-state index in [4.69, 9.17) is 9.18 Å². The Morgan fingerprint density at radius 3 is 2.63 bits per heavy atom. The fourth-order valence-electron chi connectivity index (χ4n) is 4.25. The van der Waals surface area contributed by atoms with Gasteiger partial charge in [0.1, 0.15) is 5.82 Å². The standard InChI is InChI=1S/C25H26BN5O4/c1-15-28-24(34-31-15)18-13-27-23(12-21(18)30-22(14-32)16-7-5-4-6-8-16)29-17-9-10-20-19(11-17)25(2,3)35-26(20)33/h4-13,22,32-33H,14H2,1-3H3,(H2,27,29,30)/t22-/m1/s1. The molecule has 0 saturated carbocycles. The Hall–Kier alpha value is -3.73. The first-order valence-electron chi connectivity index (χ1n) is 11.3. The maximum absolute atomic E-state index is 10.2. The minimum atomic E-state index is -0.937. The van der Waals surface area contributed by atoms with E-state index in [2.05, 4.69) is 25.8 Å². The molecule has 5 rings (SSSR count). The van der Waals surface area contributed by atoms with Gasteiger partial charge in [0.15, 0.2) is 5.82 Å². The Morgan fingerprint density at radius 2 is 1.91 bits per heavy atom. The number of benzene rings is 2. The first-order chi connectivity index (χ1) is 16.8. The second-order valence-electron chi connectivity index (χ2n) is 8.96. The molecule has 2 aromatic heterocycles. The van der Waals surface area contributed by atoms with Gasteiger partial charge in [0.05, 0.1) is 29.5 Å². The molecule has 1 aliphatic rings. The number of nitrogens with zero attached hydrogens (tertiary/aromatic N) is 3. The van der Waals surface area contributed by atoms with Gasteiger partial charge in [-0.05, 0) is 49.5 Å². The van der Waals surface area contributed by atoms with Gasteiger partial charge in [0.2, 0.25) is 0 Å². The van der Waals surface area contributed by atoms with E-state index in [0.717, 1.165) is 22.3 Å². The molecule has 1 atom stereocenters. The van der Waals surface area contributed by atoms with E-state index < -0.39 is 12.7 Å². The second kappa shape index (κ2) is 9.14. The number of nitrogens with one attached hydrogen (secondary N) is 2. The fraction of sp³-hybridized carbons (Fsp3) is 0.240.